The van der Waals surface area contributed by atoms with Crippen molar-refractivity contribution in [1.29, 1.82) is 0 Å². The fourth-order valence-electron chi connectivity index (χ4n) is 4.28. The number of methoxy groups -OCH3 is 1. The van der Waals surface area contributed by atoms with Gasteiger partial charge in [0.25, 0.3) is 0 Å². The molecule has 1 N–H and O–H groups in total. The van der Waals surface area contributed by atoms with Crippen LogP contribution in [0.2, 0.25) is 10.0 Å². The van der Waals surface area contributed by atoms with Crippen LogP contribution in [0.4, 0.5) is 5.69 Å². The highest BCUT2D eigenvalue weighted by molar-refractivity contribution is 7.92. The van der Waals surface area contributed by atoms with Gasteiger partial charge in [0, 0.05) is 29.1 Å². The quantitative estimate of drug-likeness (QED) is 0.279. The Morgan fingerprint density at radius 3 is 2.22 bits per heavy atom. The number of sulfonamides is 1. The van der Waals surface area contributed by atoms with Crippen molar-refractivity contribution in [3.05, 3.63) is 94.0 Å². The molecule has 0 aliphatic rings. The van der Waals surface area contributed by atoms with Crippen molar-refractivity contribution in [3.63, 3.8) is 0 Å². The molecule has 0 unspecified atom stereocenters. The number of benzene rings is 3. The summed E-state index contributed by atoms with van der Waals surface area (Å²) in [7, 11) is -2.58. The Morgan fingerprint density at radius 2 is 1.61 bits per heavy atom. The Balaban J connectivity index is 2.10. The first kappa shape index (κ1) is 32.2. The van der Waals surface area contributed by atoms with E-state index in [1.165, 1.54) is 24.1 Å². The predicted molar refractivity (Wildman–Crippen MR) is 164 cm³/mol. The third-order valence-corrected chi connectivity index (χ3v) is 8.20. The molecule has 2 atom stereocenters. The monoisotopic (exact) mass is 619 g/mol. The summed E-state index contributed by atoms with van der Waals surface area (Å²) in [5.74, 6) is -0.702. The van der Waals surface area contributed by atoms with Gasteiger partial charge in [-0.05, 0) is 54.8 Å². The second-order valence-electron chi connectivity index (χ2n) is 9.76. The van der Waals surface area contributed by atoms with Crippen LogP contribution in [0.1, 0.15) is 31.4 Å². The van der Waals surface area contributed by atoms with Gasteiger partial charge in [-0.15, -0.1) is 0 Å². The highest BCUT2D eigenvalue weighted by atomic mass is 35.5. The molecule has 41 heavy (non-hydrogen) atoms. The average molecular weight is 621 g/mol. The van der Waals surface area contributed by atoms with Crippen LogP contribution in [-0.2, 0) is 32.6 Å². The van der Waals surface area contributed by atoms with Crippen molar-refractivity contribution in [1.82, 2.24) is 10.2 Å². The predicted octanol–water partition coefficient (Wildman–Crippen LogP) is 5.32. The van der Waals surface area contributed by atoms with Crippen LogP contribution < -0.4 is 14.4 Å². The molecule has 220 valence electrons. The van der Waals surface area contributed by atoms with Crippen molar-refractivity contribution in [2.75, 3.05) is 24.2 Å². The lowest BCUT2D eigenvalue weighted by molar-refractivity contribution is -0.140. The average Bonchev–Trinajstić information content (AvgIpc) is 2.93. The number of carbonyl (C=O) groups is 2. The molecule has 0 aromatic heterocycles. The number of carbonyl (C=O) groups excluding carboxylic acids is 2. The summed E-state index contributed by atoms with van der Waals surface area (Å²) in [4.78, 5) is 29.3. The van der Waals surface area contributed by atoms with Crippen LogP contribution in [0, 0.1) is 0 Å². The van der Waals surface area contributed by atoms with Crippen LogP contribution in [-0.4, -0.2) is 57.1 Å². The number of hydrogen-bond donors (Lipinski definition) is 1. The van der Waals surface area contributed by atoms with Crippen LogP contribution in [0.5, 0.6) is 5.75 Å². The third-order valence-electron chi connectivity index (χ3n) is 6.60. The number of nitrogens with zero attached hydrogens (tertiary/aromatic N) is 2. The molecule has 0 aliphatic heterocycles. The molecule has 0 fully saturated rings. The Hall–Kier alpha value is -3.27. The zero-order valence-corrected chi connectivity index (χ0v) is 25.8. The molecule has 0 bridgehead atoms. The van der Waals surface area contributed by atoms with E-state index in [2.05, 4.69) is 5.32 Å². The molecule has 0 aliphatic carbocycles. The highest BCUT2D eigenvalue weighted by Gasteiger charge is 2.34. The van der Waals surface area contributed by atoms with E-state index < -0.39 is 28.5 Å². The smallest absolute Gasteiger partial charge is 0.244 e. The normalized spacial score (nSPS) is 12.7. The molecule has 0 saturated carbocycles. The molecule has 0 radical (unpaired) electrons. The lowest BCUT2D eigenvalue weighted by Gasteiger charge is -2.34. The van der Waals surface area contributed by atoms with E-state index in [-0.39, 0.29) is 41.4 Å². The summed E-state index contributed by atoms with van der Waals surface area (Å²) in [6, 6.07) is 19.8. The third kappa shape index (κ3) is 9.11. The maximum atomic E-state index is 14.2. The summed E-state index contributed by atoms with van der Waals surface area (Å²) in [6.45, 7) is 3.28. The lowest BCUT2D eigenvalue weighted by Crippen LogP contribution is -2.54. The van der Waals surface area contributed by atoms with E-state index in [1.54, 1.807) is 30.3 Å². The molecular weight excluding hydrogens is 585 g/mol. The van der Waals surface area contributed by atoms with Gasteiger partial charge in [0.2, 0.25) is 21.8 Å². The fourth-order valence-corrected chi connectivity index (χ4v) is 5.50. The Labute approximate surface area is 252 Å². The largest absolute Gasteiger partial charge is 0.495 e. The van der Waals surface area contributed by atoms with Crippen molar-refractivity contribution in [3.8, 4) is 5.75 Å². The van der Waals surface area contributed by atoms with Gasteiger partial charge in [-0.1, -0.05) is 72.6 Å². The molecule has 0 spiro atoms. The summed E-state index contributed by atoms with van der Waals surface area (Å²) in [5, 5.41) is 3.74. The minimum Gasteiger partial charge on any atom is -0.495 e. The van der Waals surface area contributed by atoms with Gasteiger partial charge in [-0.2, -0.15) is 0 Å². The summed E-state index contributed by atoms with van der Waals surface area (Å²) in [5.41, 5.74) is 1.64. The van der Waals surface area contributed by atoms with Gasteiger partial charge in [0.1, 0.15) is 18.3 Å². The van der Waals surface area contributed by atoms with Gasteiger partial charge in [0.15, 0.2) is 0 Å². The van der Waals surface area contributed by atoms with E-state index in [9.17, 15) is 18.0 Å². The van der Waals surface area contributed by atoms with Crippen LogP contribution in [0.3, 0.4) is 0 Å². The first-order valence-electron chi connectivity index (χ1n) is 13.1. The van der Waals surface area contributed by atoms with Crippen LogP contribution in [0.15, 0.2) is 72.8 Å². The number of ether oxygens (including phenoxy) is 1. The molecule has 8 nitrogen and oxygen atoms in total. The van der Waals surface area contributed by atoms with Crippen LogP contribution >= 0.6 is 23.2 Å². The van der Waals surface area contributed by atoms with Gasteiger partial charge >= 0.3 is 0 Å². The second-order valence-corrected chi connectivity index (χ2v) is 12.5. The molecule has 3 aromatic carbocycles. The molecule has 3 aromatic rings. The standard InChI is InChI=1S/C30H35Cl2N3O5S/c1-5-21(2)33-30(37)27(17-22-10-7-6-8-11-22)34(19-23-12-9-13-24(31)16-23)29(36)20-35(41(4,38)39)26-18-25(32)14-15-28(26)40-3/h6-16,18,21,27H,5,17,19-20H2,1-4H3,(H,33,37)/t21-,27+/m0/s1. The van der Waals surface area contributed by atoms with Crippen molar-refractivity contribution in [2.45, 2.75) is 45.3 Å². The van der Waals surface area contributed by atoms with E-state index in [4.69, 9.17) is 27.9 Å². The Bertz CT molecular complexity index is 1450. The first-order chi connectivity index (χ1) is 19.4. The molecule has 0 saturated heterocycles. The maximum Gasteiger partial charge on any atom is 0.244 e. The van der Waals surface area contributed by atoms with Gasteiger partial charge in [0.05, 0.1) is 19.1 Å². The van der Waals surface area contributed by atoms with Gasteiger partial charge in [-0.25, -0.2) is 8.42 Å². The van der Waals surface area contributed by atoms with Gasteiger partial charge < -0.3 is 15.0 Å². The first-order valence-corrected chi connectivity index (χ1v) is 15.7. The number of nitrogens with one attached hydrogen (secondary N) is 1. The molecule has 3 rings (SSSR count). The molecule has 0 heterocycles. The fraction of sp³-hybridized carbons (Fsp3) is 0.333. The number of amides is 2. The summed E-state index contributed by atoms with van der Waals surface area (Å²) in [6.07, 6.45) is 1.91. The topological polar surface area (TPSA) is 96.0 Å². The highest BCUT2D eigenvalue weighted by Crippen LogP contribution is 2.33. The zero-order chi connectivity index (χ0) is 30.2. The Morgan fingerprint density at radius 1 is 0.951 bits per heavy atom. The van der Waals surface area contributed by atoms with E-state index in [0.717, 1.165) is 16.1 Å². The van der Waals surface area contributed by atoms with Crippen molar-refractivity contribution in [2.24, 2.45) is 0 Å². The SMILES string of the molecule is CC[C@H](C)NC(=O)[C@@H](Cc1ccccc1)N(Cc1cccc(Cl)c1)C(=O)CN(c1cc(Cl)ccc1OC)S(C)(=O)=O. The van der Waals surface area contributed by atoms with Crippen LogP contribution in [0.25, 0.3) is 0 Å². The summed E-state index contributed by atoms with van der Waals surface area (Å²) < 4.78 is 32.3. The maximum absolute atomic E-state index is 14.2. The van der Waals surface area contributed by atoms with Gasteiger partial charge in [-0.3, -0.25) is 13.9 Å². The summed E-state index contributed by atoms with van der Waals surface area (Å²) >= 11 is 12.4. The lowest BCUT2D eigenvalue weighted by atomic mass is 10.0. The molecular formula is C30H35Cl2N3O5S. The number of hydrogen-bond acceptors (Lipinski definition) is 5. The molecule has 2 amide bonds. The van der Waals surface area contributed by atoms with E-state index >= 15 is 0 Å². The van der Waals surface area contributed by atoms with E-state index in [0.29, 0.717) is 17.0 Å². The zero-order valence-electron chi connectivity index (χ0n) is 23.5. The van der Waals surface area contributed by atoms with Crippen molar-refractivity contribution >= 4 is 50.7 Å². The number of rotatable bonds is 13. The van der Waals surface area contributed by atoms with E-state index in [1.807, 2.05) is 44.2 Å². The number of anilines is 1. The minimum absolute atomic E-state index is 0.0229. The minimum atomic E-state index is -3.98. The van der Waals surface area contributed by atoms with Crippen molar-refractivity contribution < 1.29 is 22.7 Å². The number of halogens is 2. The second kappa shape index (κ2) is 14.6. The Kier molecular flexibility index (Phi) is 11.5. The molecule has 11 heteroatoms.